The Morgan fingerprint density at radius 3 is 2.00 bits per heavy atom. The van der Waals surface area contributed by atoms with Gasteiger partial charge in [-0.1, -0.05) is 12.1 Å². The summed E-state index contributed by atoms with van der Waals surface area (Å²) >= 11 is 0. The summed E-state index contributed by atoms with van der Waals surface area (Å²) in [6.07, 6.45) is 3.54. The van der Waals surface area contributed by atoms with Gasteiger partial charge in [-0.05, 0) is 61.3 Å². The zero-order chi connectivity index (χ0) is 27.0. The molecule has 0 amide bonds. The Morgan fingerprint density at radius 1 is 0.895 bits per heavy atom. The van der Waals surface area contributed by atoms with Gasteiger partial charge in [0.15, 0.2) is 0 Å². The van der Waals surface area contributed by atoms with Crippen LogP contribution in [0.15, 0.2) is 48.5 Å². The van der Waals surface area contributed by atoms with E-state index in [0.29, 0.717) is 30.0 Å². The summed E-state index contributed by atoms with van der Waals surface area (Å²) in [5.41, 5.74) is 2.49. The number of sulfonamides is 1. The fraction of sp³-hybridized carbons (Fsp3) is 0.500. The maximum absolute atomic E-state index is 12.4. The highest BCUT2D eigenvalue weighted by molar-refractivity contribution is 7.88. The lowest BCUT2D eigenvalue weighted by Gasteiger charge is -2.46. The van der Waals surface area contributed by atoms with Gasteiger partial charge < -0.3 is 9.47 Å². The number of aryl methyl sites for hydroxylation is 1. The quantitative estimate of drug-likeness (QED) is 0.405. The molecule has 202 valence electrons. The van der Waals surface area contributed by atoms with Crippen LogP contribution in [-0.4, -0.2) is 100.0 Å². The number of benzene rings is 2. The van der Waals surface area contributed by atoms with Crippen molar-refractivity contribution in [1.29, 1.82) is 10.5 Å². The minimum Gasteiger partial charge on any atom is -0.492 e. The molecule has 2 atom stereocenters. The van der Waals surface area contributed by atoms with Gasteiger partial charge in [-0.2, -0.15) is 14.8 Å². The molecule has 9 nitrogen and oxygen atoms in total. The number of morpholine rings is 2. The Kier molecular flexibility index (Phi) is 9.73. The van der Waals surface area contributed by atoms with Gasteiger partial charge in [-0.3, -0.25) is 9.80 Å². The van der Waals surface area contributed by atoms with Gasteiger partial charge in [0.1, 0.15) is 12.4 Å². The summed E-state index contributed by atoms with van der Waals surface area (Å²) in [5, 5.41) is 17.8. The van der Waals surface area contributed by atoms with Crippen LogP contribution in [0.5, 0.6) is 5.75 Å². The molecule has 2 aromatic carbocycles. The maximum Gasteiger partial charge on any atom is 0.211 e. The van der Waals surface area contributed by atoms with E-state index in [1.165, 1.54) is 16.1 Å². The molecule has 2 saturated heterocycles. The van der Waals surface area contributed by atoms with Gasteiger partial charge in [-0.25, -0.2) is 8.42 Å². The van der Waals surface area contributed by atoms with E-state index in [9.17, 15) is 8.42 Å². The molecule has 10 heteroatoms. The standard InChI is InChI=1S/C28H35N5O4S/c1-38(34,35)33(15-16-36-26-10-8-25(18-30)9-11-26)14-13-32-21-27-19-31(20-28(22-32)37-27)12-2-3-23-4-6-24(17-29)7-5-23/h4-11,27-28H,2-3,12-16,19-22H2,1H3. The van der Waals surface area contributed by atoms with Crippen LogP contribution in [-0.2, 0) is 21.2 Å². The summed E-state index contributed by atoms with van der Waals surface area (Å²) in [4.78, 5) is 4.79. The highest BCUT2D eigenvalue weighted by Crippen LogP contribution is 2.20. The molecular formula is C28H35N5O4S. The Bertz CT molecular complexity index is 1220. The van der Waals surface area contributed by atoms with Crippen molar-refractivity contribution in [1.82, 2.24) is 14.1 Å². The van der Waals surface area contributed by atoms with Gasteiger partial charge in [-0.15, -0.1) is 0 Å². The molecule has 38 heavy (non-hydrogen) atoms. The molecule has 0 aromatic heterocycles. The zero-order valence-corrected chi connectivity index (χ0v) is 22.6. The van der Waals surface area contributed by atoms with E-state index in [-0.39, 0.29) is 25.4 Å². The van der Waals surface area contributed by atoms with Crippen molar-refractivity contribution in [2.75, 3.05) is 65.2 Å². The van der Waals surface area contributed by atoms with Gasteiger partial charge in [0.05, 0.1) is 41.7 Å². The Balaban J connectivity index is 1.19. The van der Waals surface area contributed by atoms with Crippen molar-refractivity contribution >= 4 is 10.0 Å². The second-order valence-electron chi connectivity index (χ2n) is 9.96. The first-order chi connectivity index (χ1) is 18.3. The number of nitriles is 2. The lowest BCUT2D eigenvalue weighted by molar-refractivity contribution is -0.138. The van der Waals surface area contributed by atoms with Crippen LogP contribution in [0.2, 0.25) is 0 Å². The van der Waals surface area contributed by atoms with Crippen molar-refractivity contribution in [2.45, 2.75) is 25.0 Å². The van der Waals surface area contributed by atoms with E-state index in [2.05, 4.69) is 21.9 Å². The molecule has 2 aliphatic heterocycles. The summed E-state index contributed by atoms with van der Waals surface area (Å²) in [7, 11) is -3.37. The van der Waals surface area contributed by atoms with Crippen LogP contribution >= 0.6 is 0 Å². The molecular weight excluding hydrogens is 502 g/mol. The van der Waals surface area contributed by atoms with Crippen LogP contribution in [0.4, 0.5) is 0 Å². The zero-order valence-electron chi connectivity index (χ0n) is 21.8. The molecule has 0 N–H and O–H groups in total. The highest BCUT2D eigenvalue weighted by atomic mass is 32.2. The third-order valence-corrected chi connectivity index (χ3v) is 8.29. The Hall–Kier alpha value is -2.99. The summed E-state index contributed by atoms with van der Waals surface area (Å²) in [6, 6.07) is 18.8. The minimum absolute atomic E-state index is 0.129. The van der Waals surface area contributed by atoms with Crippen LogP contribution in [0.3, 0.4) is 0 Å². The first-order valence-electron chi connectivity index (χ1n) is 13.0. The summed E-state index contributed by atoms with van der Waals surface area (Å²) < 4.78 is 38.1. The second kappa shape index (κ2) is 13.2. The maximum atomic E-state index is 12.4. The van der Waals surface area contributed by atoms with E-state index in [0.717, 1.165) is 45.6 Å². The number of rotatable bonds is 12. The fourth-order valence-electron chi connectivity index (χ4n) is 5.07. The molecule has 0 saturated carbocycles. The predicted octanol–water partition coefficient (Wildman–Crippen LogP) is 2.09. The lowest BCUT2D eigenvalue weighted by atomic mass is 10.1. The predicted molar refractivity (Wildman–Crippen MR) is 144 cm³/mol. The third-order valence-electron chi connectivity index (χ3n) is 6.98. The summed E-state index contributed by atoms with van der Waals surface area (Å²) in [6.45, 7) is 5.93. The fourth-order valence-corrected chi connectivity index (χ4v) is 5.89. The van der Waals surface area contributed by atoms with Gasteiger partial charge >= 0.3 is 0 Å². The first kappa shape index (κ1) is 28.0. The molecule has 2 unspecified atom stereocenters. The molecule has 2 bridgehead atoms. The number of hydrogen-bond acceptors (Lipinski definition) is 8. The lowest BCUT2D eigenvalue weighted by Crippen LogP contribution is -2.60. The Morgan fingerprint density at radius 2 is 1.45 bits per heavy atom. The van der Waals surface area contributed by atoms with Crippen molar-refractivity contribution < 1.29 is 17.9 Å². The third kappa shape index (κ3) is 8.26. The SMILES string of the molecule is CS(=O)(=O)N(CCOc1ccc(C#N)cc1)CCN1CC2CN(CCCc3ccc(C#N)cc3)CC(C1)O2. The molecule has 0 radical (unpaired) electrons. The van der Waals surface area contributed by atoms with Gasteiger partial charge in [0, 0.05) is 45.8 Å². The molecule has 4 rings (SSSR count). The number of hydrogen-bond donors (Lipinski definition) is 0. The van der Waals surface area contributed by atoms with E-state index < -0.39 is 10.0 Å². The van der Waals surface area contributed by atoms with Crippen LogP contribution in [0.25, 0.3) is 0 Å². The Labute approximate surface area is 225 Å². The van der Waals surface area contributed by atoms with E-state index in [1.807, 2.05) is 24.3 Å². The summed E-state index contributed by atoms with van der Waals surface area (Å²) in [5.74, 6) is 0.611. The first-order valence-corrected chi connectivity index (χ1v) is 14.8. The minimum atomic E-state index is -3.37. The van der Waals surface area contributed by atoms with Crippen LogP contribution < -0.4 is 4.74 Å². The normalized spacial score (nSPS) is 20.1. The number of ether oxygens (including phenoxy) is 2. The molecule has 2 fully saturated rings. The monoisotopic (exact) mass is 537 g/mol. The average Bonchev–Trinajstić information content (AvgIpc) is 2.90. The topological polar surface area (TPSA) is 110 Å². The van der Waals surface area contributed by atoms with Crippen molar-refractivity contribution in [3.63, 3.8) is 0 Å². The molecule has 0 aliphatic carbocycles. The average molecular weight is 538 g/mol. The molecule has 2 heterocycles. The van der Waals surface area contributed by atoms with Crippen molar-refractivity contribution in [3.8, 4) is 17.9 Å². The molecule has 2 aliphatic rings. The van der Waals surface area contributed by atoms with Crippen molar-refractivity contribution in [2.24, 2.45) is 0 Å². The number of nitrogens with zero attached hydrogens (tertiary/aromatic N) is 5. The van der Waals surface area contributed by atoms with Crippen LogP contribution in [0, 0.1) is 22.7 Å². The van der Waals surface area contributed by atoms with Gasteiger partial charge in [0.2, 0.25) is 10.0 Å². The van der Waals surface area contributed by atoms with E-state index >= 15 is 0 Å². The largest absolute Gasteiger partial charge is 0.492 e. The van der Waals surface area contributed by atoms with E-state index in [4.69, 9.17) is 20.0 Å². The second-order valence-corrected chi connectivity index (χ2v) is 11.9. The highest BCUT2D eigenvalue weighted by Gasteiger charge is 2.34. The van der Waals surface area contributed by atoms with Crippen molar-refractivity contribution in [3.05, 3.63) is 65.2 Å². The number of fused-ring (bicyclic) bond motifs is 2. The smallest absolute Gasteiger partial charge is 0.211 e. The molecule has 0 spiro atoms. The van der Waals surface area contributed by atoms with Gasteiger partial charge in [0.25, 0.3) is 0 Å². The molecule has 2 aromatic rings. The van der Waals surface area contributed by atoms with E-state index in [1.54, 1.807) is 24.3 Å². The van der Waals surface area contributed by atoms with Crippen LogP contribution in [0.1, 0.15) is 23.1 Å².